The van der Waals surface area contributed by atoms with Crippen LogP contribution in [0.5, 0.6) is 0 Å². The summed E-state index contributed by atoms with van der Waals surface area (Å²) < 4.78 is 24.7. The molecule has 7 nitrogen and oxygen atoms in total. The molecule has 0 aromatic heterocycles. The Balaban J connectivity index is 2.02. The Labute approximate surface area is 132 Å². The lowest BCUT2D eigenvalue weighted by molar-refractivity contribution is -0.144. The lowest BCUT2D eigenvalue weighted by Gasteiger charge is -2.45. The molecule has 0 aromatic carbocycles. The van der Waals surface area contributed by atoms with Crippen molar-refractivity contribution in [1.82, 2.24) is 9.21 Å². The van der Waals surface area contributed by atoms with E-state index in [-0.39, 0.29) is 12.0 Å². The second-order valence-corrected chi connectivity index (χ2v) is 8.53. The molecule has 0 bridgehead atoms. The Morgan fingerprint density at radius 2 is 1.77 bits per heavy atom. The van der Waals surface area contributed by atoms with Gasteiger partial charge in [-0.2, -0.15) is 4.31 Å². The van der Waals surface area contributed by atoms with Gasteiger partial charge in [-0.1, -0.05) is 6.42 Å². The van der Waals surface area contributed by atoms with Crippen LogP contribution >= 0.6 is 0 Å². The van der Waals surface area contributed by atoms with Gasteiger partial charge in [0.1, 0.15) is 0 Å². The first kappa shape index (κ1) is 17.7. The molecule has 0 radical (unpaired) electrons. The number of carbonyl (C=O) groups is 1. The third kappa shape index (κ3) is 3.79. The van der Waals surface area contributed by atoms with Gasteiger partial charge < -0.3 is 10.2 Å². The van der Waals surface area contributed by atoms with Crippen molar-refractivity contribution in [1.29, 1.82) is 0 Å². The number of carboxylic acid groups (broad SMARTS) is 1. The van der Waals surface area contributed by atoms with E-state index in [0.717, 1.165) is 19.1 Å². The SMILES string of the molecule is CN([C@@H]1CCC[C@H](N2CCC(C(=O)O)CC2)[C@H]1O)S(C)(=O)=O. The molecule has 0 aromatic rings. The second kappa shape index (κ2) is 6.82. The normalized spacial score (nSPS) is 32.3. The Bertz CT molecular complexity index is 501. The van der Waals surface area contributed by atoms with Gasteiger partial charge in [-0.25, -0.2) is 8.42 Å². The van der Waals surface area contributed by atoms with Crippen LogP contribution in [0.15, 0.2) is 0 Å². The molecular formula is C14H26N2O5S. The number of piperidine rings is 1. The standard InChI is InChI=1S/C14H26N2O5S/c1-15(22(2,20)21)11-4-3-5-12(13(11)17)16-8-6-10(7-9-16)14(18)19/h10-13,17H,3-9H2,1-2H3,(H,18,19)/t11-,12+,13+/m1/s1. The maximum atomic E-state index is 11.7. The maximum Gasteiger partial charge on any atom is 0.306 e. The lowest BCUT2D eigenvalue weighted by Crippen LogP contribution is -2.58. The van der Waals surface area contributed by atoms with Gasteiger partial charge in [0.25, 0.3) is 0 Å². The molecule has 0 amide bonds. The zero-order valence-electron chi connectivity index (χ0n) is 13.2. The summed E-state index contributed by atoms with van der Waals surface area (Å²) in [5, 5.41) is 19.7. The van der Waals surface area contributed by atoms with Crippen LogP contribution in [0.3, 0.4) is 0 Å². The highest BCUT2D eigenvalue weighted by molar-refractivity contribution is 7.88. The summed E-state index contributed by atoms with van der Waals surface area (Å²) in [5.41, 5.74) is 0. The smallest absolute Gasteiger partial charge is 0.306 e. The van der Waals surface area contributed by atoms with E-state index in [0.29, 0.717) is 32.4 Å². The van der Waals surface area contributed by atoms with Crippen molar-refractivity contribution in [3.05, 3.63) is 0 Å². The van der Waals surface area contributed by atoms with Gasteiger partial charge in [0.15, 0.2) is 0 Å². The Morgan fingerprint density at radius 3 is 2.27 bits per heavy atom. The number of hydrogen-bond acceptors (Lipinski definition) is 5. The van der Waals surface area contributed by atoms with Crippen molar-refractivity contribution in [3.8, 4) is 0 Å². The third-order valence-corrected chi connectivity index (χ3v) is 6.44. The molecule has 1 heterocycles. The number of nitrogens with zero attached hydrogens (tertiary/aromatic N) is 2. The molecule has 1 saturated heterocycles. The van der Waals surface area contributed by atoms with Gasteiger partial charge in [-0.05, 0) is 38.8 Å². The monoisotopic (exact) mass is 334 g/mol. The quantitative estimate of drug-likeness (QED) is 0.748. The number of aliphatic carboxylic acids is 1. The van der Waals surface area contributed by atoms with Crippen molar-refractivity contribution >= 4 is 16.0 Å². The van der Waals surface area contributed by atoms with Crippen LogP contribution in [0.25, 0.3) is 0 Å². The van der Waals surface area contributed by atoms with Crippen LogP contribution in [0, 0.1) is 5.92 Å². The number of likely N-dealkylation sites (tertiary alicyclic amines) is 1. The fraction of sp³-hybridized carbons (Fsp3) is 0.929. The number of hydrogen-bond donors (Lipinski definition) is 2. The molecule has 2 aliphatic rings. The Morgan fingerprint density at radius 1 is 1.18 bits per heavy atom. The summed E-state index contributed by atoms with van der Waals surface area (Å²) in [6.07, 6.45) is 3.96. The van der Waals surface area contributed by atoms with Gasteiger partial charge in [0.05, 0.1) is 24.3 Å². The Hall–Kier alpha value is -0.700. The zero-order valence-corrected chi connectivity index (χ0v) is 14.0. The molecule has 8 heteroatoms. The molecule has 1 aliphatic heterocycles. The van der Waals surface area contributed by atoms with Crippen LogP contribution in [0.4, 0.5) is 0 Å². The number of carboxylic acids is 1. The molecule has 2 N–H and O–H groups in total. The molecule has 1 aliphatic carbocycles. The molecular weight excluding hydrogens is 308 g/mol. The minimum atomic E-state index is -3.33. The lowest BCUT2D eigenvalue weighted by atomic mass is 9.85. The van der Waals surface area contributed by atoms with Gasteiger partial charge in [0.2, 0.25) is 10.0 Å². The zero-order chi connectivity index (χ0) is 16.5. The van der Waals surface area contributed by atoms with Crippen molar-refractivity contribution in [2.75, 3.05) is 26.4 Å². The predicted molar refractivity (Wildman–Crippen MR) is 82.0 cm³/mol. The van der Waals surface area contributed by atoms with Crippen molar-refractivity contribution in [2.45, 2.75) is 50.3 Å². The highest BCUT2D eigenvalue weighted by atomic mass is 32.2. The molecule has 0 unspecified atom stereocenters. The van der Waals surface area contributed by atoms with E-state index in [1.807, 2.05) is 0 Å². The van der Waals surface area contributed by atoms with Gasteiger partial charge >= 0.3 is 5.97 Å². The first-order valence-corrected chi connectivity index (χ1v) is 9.64. The van der Waals surface area contributed by atoms with Gasteiger partial charge in [-0.15, -0.1) is 0 Å². The molecule has 22 heavy (non-hydrogen) atoms. The van der Waals surface area contributed by atoms with E-state index in [1.165, 1.54) is 11.4 Å². The van der Waals surface area contributed by atoms with Crippen LogP contribution in [-0.4, -0.2) is 78.4 Å². The van der Waals surface area contributed by atoms with E-state index in [2.05, 4.69) is 4.90 Å². The van der Waals surface area contributed by atoms with Crippen molar-refractivity contribution in [2.24, 2.45) is 5.92 Å². The van der Waals surface area contributed by atoms with Gasteiger partial charge in [-0.3, -0.25) is 9.69 Å². The van der Waals surface area contributed by atoms with Crippen molar-refractivity contribution < 1.29 is 23.4 Å². The summed E-state index contributed by atoms with van der Waals surface area (Å²) in [5.74, 6) is -1.05. The van der Waals surface area contributed by atoms with Crippen LogP contribution in [-0.2, 0) is 14.8 Å². The molecule has 3 atom stereocenters. The minimum Gasteiger partial charge on any atom is -0.481 e. The van der Waals surface area contributed by atoms with Crippen molar-refractivity contribution in [3.63, 3.8) is 0 Å². The topological polar surface area (TPSA) is 98.2 Å². The largest absolute Gasteiger partial charge is 0.481 e. The average Bonchev–Trinajstić information content (AvgIpc) is 2.46. The first-order chi connectivity index (χ1) is 10.2. The molecule has 0 spiro atoms. The summed E-state index contributed by atoms with van der Waals surface area (Å²) in [6.45, 7) is 1.29. The highest BCUT2D eigenvalue weighted by Gasteiger charge is 2.40. The third-order valence-electron chi connectivity index (χ3n) is 5.13. The van der Waals surface area contributed by atoms with E-state index < -0.39 is 28.1 Å². The van der Waals surface area contributed by atoms with E-state index in [1.54, 1.807) is 0 Å². The summed E-state index contributed by atoms with van der Waals surface area (Å²) >= 11 is 0. The number of sulfonamides is 1. The minimum absolute atomic E-state index is 0.0855. The van der Waals surface area contributed by atoms with Gasteiger partial charge in [0, 0.05) is 13.1 Å². The maximum absolute atomic E-state index is 11.7. The first-order valence-electron chi connectivity index (χ1n) is 7.79. The number of aliphatic hydroxyl groups is 1. The van der Waals surface area contributed by atoms with E-state index in [4.69, 9.17) is 5.11 Å². The molecule has 128 valence electrons. The van der Waals surface area contributed by atoms with Crippen LogP contribution in [0.2, 0.25) is 0 Å². The highest BCUT2D eigenvalue weighted by Crippen LogP contribution is 2.30. The Kier molecular flexibility index (Phi) is 5.47. The predicted octanol–water partition coefficient (Wildman–Crippen LogP) is -0.0436. The average molecular weight is 334 g/mol. The fourth-order valence-electron chi connectivity index (χ4n) is 3.65. The summed E-state index contributed by atoms with van der Waals surface area (Å²) in [4.78, 5) is 13.1. The summed E-state index contributed by atoms with van der Waals surface area (Å²) in [7, 11) is -1.82. The molecule has 2 rings (SSSR count). The summed E-state index contributed by atoms with van der Waals surface area (Å²) in [6, 6.07) is -0.483. The number of rotatable bonds is 4. The van der Waals surface area contributed by atoms with E-state index in [9.17, 15) is 18.3 Å². The van der Waals surface area contributed by atoms with E-state index >= 15 is 0 Å². The molecule has 1 saturated carbocycles. The van der Waals surface area contributed by atoms with Crippen LogP contribution < -0.4 is 0 Å². The second-order valence-electron chi connectivity index (χ2n) is 6.48. The number of aliphatic hydroxyl groups excluding tert-OH is 1. The fourth-order valence-corrected chi connectivity index (χ4v) is 4.38. The number of likely N-dealkylation sites (N-methyl/N-ethyl adjacent to an activating group) is 1. The van der Waals surface area contributed by atoms with Crippen LogP contribution in [0.1, 0.15) is 32.1 Å². The molecule has 2 fully saturated rings.